The largest absolute Gasteiger partial charge is 0.469 e. The van der Waals surface area contributed by atoms with Crippen LogP contribution in [0.25, 0.3) is 0 Å². The van der Waals surface area contributed by atoms with Crippen LogP contribution in [0, 0.1) is 5.92 Å². The summed E-state index contributed by atoms with van der Waals surface area (Å²) >= 11 is 0. The maximum atomic E-state index is 13.1. The number of hydrogen-bond acceptors (Lipinski definition) is 3. The predicted molar refractivity (Wildman–Crippen MR) is 80.0 cm³/mol. The molecule has 0 aliphatic carbocycles. The van der Waals surface area contributed by atoms with Gasteiger partial charge in [-0.15, -0.1) is 0 Å². The van der Waals surface area contributed by atoms with Crippen LogP contribution in [-0.4, -0.2) is 18.1 Å². The number of pyridine rings is 1. The Kier molecular flexibility index (Phi) is 4.52. The van der Waals surface area contributed by atoms with Gasteiger partial charge in [-0.1, -0.05) is 30.3 Å². The lowest BCUT2D eigenvalue weighted by atomic mass is 9.95. The molecule has 1 aromatic heterocycles. The van der Waals surface area contributed by atoms with Gasteiger partial charge in [-0.3, -0.25) is 0 Å². The van der Waals surface area contributed by atoms with Gasteiger partial charge in [-0.05, 0) is 30.7 Å². The van der Waals surface area contributed by atoms with Gasteiger partial charge in [-0.2, -0.15) is 13.2 Å². The summed E-state index contributed by atoms with van der Waals surface area (Å²) in [6, 6.07) is 11.6. The second-order valence-corrected chi connectivity index (χ2v) is 5.56. The molecular formula is C17H17F3N2O. The molecule has 2 aromatic rings. The highest BCUT2D eigenvalue weighted by Crippen LogP contribution is 2.38. The number of ether oxygens (including phenoxy) is 1. The van der Waals surface area contributed by atoms with E-state index in [0.29, 0.717) is 6.54 Å². The second-order valence-electron chi connectivity index (χ2n) is 5.56. The van der Waals surface area contributed by atoms with E-state index in [2.05, 4.69) is 10.3 Å². The van der Waals surface area contributed by atoms with Crippen molar-refractivity contribution in [2.45, 2.75) is 18.7 Å². The number of halogens is 3. The van der Waals surface area contributed by atoms with E-state index in [1.54, 1.807) is 0 Å². The summed E-state index contributed by atoms with van der Waals surface area (Å²) < 4.78 is 45.2. The third-order valence-electron chi connectivity index (χ3n) is 3.97. The van der Waals surface area contributed by atoms with Gasteiger partial charge in [-0.25, -0.2) is 4.98 Å². The summed E-state index contributed by atoms with van der Waals surface area (Å²) in [7, 11) is 0. The minimum absolute atomic E-state index is 0.112. The molecule has 3 rings (SSSR count). The highest BCUT2D eigenvalue weighted by atomic mass is 19.4. The van der Waals surface area contributed by atoms with E-state index < -0.39 is 17.8 Å². The first-order chi connectivity index (χ1) is 11.1. The molecule has 2 heterocycles. The number of alkyl halides is 3. The summed E-state index contributed by atoms with van der Waals surface area (Å²) in [5.41, 5.74) is 0.0202. The summed E-state index contributed by atoms with van der Waals surface area (Å²) in [4.78, 5) is 3.82. The van der Waals surface area contributed by atoms with E-state index in [9.17, 15) is 13.2 Å². The third-order valence-corrected chi connectivity index (χ3v) is 3.97. The lowest BCUT2D eigenvalue weighted by Gasteiger charge is -2.25. The van der Waals surface area contributed by atoms with Crippen LogP contribution < -0.4 is 10.1 Å². The van der Waals surface area contributed by atoms with Crippen LogP contribution in [0.4, 0.5) is 13.2 Å². The van der Waals surface area contributed by atoms with E-state index in [4.69, 9.17) is 4.74 Å². The van der Waals surface area contributed by atoms with Crippen LogP contribution in [0.3, 0.4) is 0 Å². The molecule has 1 aliphatic heterocycles. The predicted octanol–water partition coefficient (Wildman–Crippen LogP) is 3.83. The fourth-order valence-electron chi connectivity index (χ4n) is 2.84. The monoisotopic (exact) mass is 322 g/mol. The maximum Gasteiger partial charge on any atom is 0.421 e. The number of rotatable bonds is 4. The van der Waals surface area contributed by atoms with Crippen LogP contribution in [0.1, 0.15) is 23.7 Å². The molecule has 2 atom stereocenters. The minimum Gasteiger partial charge on any atom is -0.469 e. The highest BCUT2D eigenvalue weighted by molar-refractivity contribution is 5.30. The van der Waals surface area contributed by atoms with Gasteiger partial charge in [0, 0.05) is 18.7 Å². The fraction of sp³-hybridized carbons (Fsp3) is 0.353. The molecular weight excluding hydrogens is 305 g/mol. The molecule has 1 saturated heterocycles. The quantitative estimate of drug-likeness (QED) is 0.929. The molecule has 0 spiro atoms. The van der Waals surface area contributed by atoms with Crippen LogP contribution in [0.5, 0.6) is 5.88 Å². The van der Waals surface area contributed by atoms with Crippen molar-refractivity contribution in [1.29, 1.82) is 0 Å². The Labute approximate surface area is 132 Å². The van der Waals surface area contributed by atoms with Gasteiger partial charge in [0.25, 0.3) is 0 Å². The standard InChI is InChI=1S/C17H17F3N2O/c18-17(19,20)14-7-4-9-22-16(14)23-15(13-8-10-21-11-13)12-5-2-1-3-6-12/h1-7,9,13,15,21H,8,10-11H2/t13?,15-/m1/s1. The van der Waals surface area contributed by atoms with Crippen molar-refractivity contribution in [1.82, 2.24) is 10.3 Å². The molecule has 122 valence electrons. The molecule has 1 N–H and O–H groups in total. The van der Waals surface area contributed by atoms with Crippen LogP contribution in [0.15, 0.2) is 48.7 Å². The number of nitrogens with zero attached hydrogens (tertiary/aromatic N) is 1. The van der Waals surface area contributed by atoms with Crippen molar-refractivity contribution >= 4 is 0 Å². The number of aromatic nitrogens is 1. The van der Waals surface area contributed by atoms with Gasteiger partial charge < -0.3 is 10.1 Å². The van der Waals surface area contributed by atoms with Gasteiger partial charge >= 0.3 is 6.18 Å². The Morgan fingerprint density at radius 1 is 1.13 bits per heavy atom. The average molecular weight is 322 g/mol. The SMILES string of the molecule is FC(F)(F)c1cccnc1O[C@H](c1ccccc1)C1CCNC1. The van der Waals surface area contributed by atoms with Crippen molar-refractivity contribution in [2.75, 3.05) is 13.1 Å². The van der Waals surface area contributed by atoms with Gasteiger partial charge in [0.1, 0.15) is 11.7 Å². The van der Waals surface area contributed by atoms with E-state index in [1.807, 2.05) is 30.3 Å². The molecule has 0 radical (unpaired) electrons. The van der Waals surface area contributed by atoms with Crippen LogP contribution >= 0.6 is 0 Å². The van der Waals surface area contributed by atoms with Crippen molar-refractivity contribution < 1.29 is 17.9 Å². The highest BCUT2D eigenvalue weighted by Gasteiger charge is 2.37. The Morgan fingerprint density at radius 2 is 1.91 bits per heavy atom. The summed E-state index contributed by atoms with van der Waals surface area (Å²) in [6.07, 6.45) is -2.77. The molecule has 3 nitrogen and oxygen atoms in total. The molecule has 1 unspecified atom stereocenters. The zero-order chi connectivity index (χ0) is 16.3. The van der Waals surface area contributed by atoms with E-state index in [1.165, 1.54) is 12.3 Å². The Hall–Kier alpha value is -2.08. The summed E-state index contributed by atoms with van der Waals surface area (Å²) in [5.74, 6) is -0.249. The first-order valence-corrected chi connectivity index (χ1v) is 7.50. The second kappa shape index (κ2) is 6.58. The third kappa shape index (κ3) is 3.64. The van der Waals surface area contributed by atoms with E-state index in [0.717, 1.165) is 24.6 Å². The Bertz CT molecular complexity index is 640. The Balaban J connectivity index is 1.93. The molecule has 23 heavy (non-hydrogen) atoms. The number of nitrogens with one attached hydrogen (secondary N) is 1. The first kappa shape index (κ1) is 15.8. The molecule has 1 aromatic carbocycles. The van der Waals surface area contributed by atoms with Crippen LogP contribution in [-0.2, 0) is 6.18 Å². The summed E-state index contributed by atoms with van der Waals surface area (Å²) in [5, 5.41) is 3.23. The molecule has 6 heteroatoms. The van der Waals surface area contributed by atoms with Crippen molar-refractivity contribution in [3.8, 4) is 5.88 Å². The van der Waals surface area contributed by atoms with Crippen LogP contribution in [0.2, 0.25) is 0 Å². The van der Waals surface area contributed by atoms with Gasteiger partial charge in [0.15, 0.2) is 0 Å². The average Bonchev–Trinajstić information content (AvgIpc) is 3.07. The van der Waals surface area contributed by atoms with Gasteiger partial charge in [0.05, 0.1) is 0 Å². The molecule has 0 amide bonds. The lowest BCUT2D eigenvalue weighted by Crippen LogP contribution is -2.23. The fourth-order valence-corrected chi connectivity index (χ4v) is 2.84. The Morgan fingerprint density at radius 3 is 2.57 bits per heavy atom. The first-order valence-electron chi connectivity index (χ1n) is 7.50. The molecule has 0 bridgehead atoms. The normalized spacial score (nSPS) is 19.5. The van der Waals surface area contributed by atoms with Gasteiger partial charge in [0.2, 0.25) is 5.88 Å². The lowest BCUT2D eigenvalue weighted by molar-refractivity contribution is -0.139. The maximum absolute atomic E-state index is 13.1. The van der Waals surface area contributed by atoms with E-state index >= 15 is 0 Å². The van der Waals surface area contributed by atoms with E-state index in [-0.39, 0.29) is 11.8 Å². The van der Waals surface area contributed by atoms with Crippen molar-refractivity contribution in [3.63, 3.8) is 0 Å². The van der Waals surface area contributed by atoms with Crippen molar-refractivity contribution in [2.24, 2.45) is 5.92 Å². The molecule has 1 fully saturated rings. The summed E-state index contributed by atoms with van der Waals surface area (Å²) in [6.45, 7) is 1.56. The smallest absolute Gasteiger partial charge is 0.421 e. The zero-order valence-corrected chi connectivity index (χ0v) is 12.4. The number of hydrogen-bond donors (Lipinski definition) is 1. The minimum atomic E-state index is -4.49. The number of benzene rings is 1. The zero-order valence-electron chi connectivity index (χ0n) is 12.4. The molecule has 0 saturated carbocycles. The van der Waals surface area contributed by atoms with Crippen molar-refractivity contribution in [3.05, 3.63) is 59.8 Å². The topological polar surface area (TPSA) is 34.1 Å². The molecule has 1 aliphatic rings.